The van der Waals surface area contributed by atoms with E-state index in [2.05, 4.69) is 0 Å². The molecule has 3 aromatic carbocycles. The van der Waals surface area contributed by atoms with E-state index >= 15 is 0 Å². The van der Waals surface area contributed by atoms with Crippen LogP contribution >= 0.6 is 7.92 Å². The number of hydrogen-bond donors (Lipinski definition) is 1. The van der Waals surface area contributed by atoms with Crippen molar-refractivity contribution in [2.75, 3.05) is 14.2 Å². The molecule has 0 saturated heterocycles. The Balaban J connectivity index is 2.44. The van der Waals surface area contributed by atoms with Crippen LogP contribution in [0.5, 0.6) is 5.75 Å². The fourth-order valence-electron chi connectivity index (χ4n) is 4.01. The van der Waals surface area contributed by atoms with Gasteiger partial charge in [0, 0.05) is 5.30 Å². The van der Waals surface area contributed by atoms with Gasteiger partial charge in [-0.3, -0.25) is 8.74 Å². The Labute approximate surface area is 208 Å². The van der Waals surface area contributed by atoms with E-state index in [-0.39, 0.29) is 4.90 Å². The van der Waals surface area contributed by atoms with Crippen molar-refractivity contribution in [2.24, 2.45) is 0 Å². The SMILES string of the molecule is COc1c(C)cc(CS(=O)(=O)O)cc1P(c1cccc(C)c1)c1cc(S(=O)(=O)OC)cc(C)c1C. The van der Waals surface area contributed by atoms with Gasteiger partial charge in [0.15, 0.2) is 0 Å². The Hall–Kier alpha value is -2.29. The molecule has 7 nitrogen and oxygen atoms in total. The maximum atomic E-state index is 12.6. The summed E-state index contributed by atoms with van der Waals surface area (Å²) >= 11 is 0. The first kappa shape index (κ1) is 27.3. The minimum atomic E-state index is -4.27. The fraction of sp³-hybridized carbons (Fsp3) is 0.280. The van der Waals surface area contributed by atoms with Crippen molar-refractivity contribution in [2.45, 2.75) is 38.3 Å². The van der Waals surface area contributed by atoms with Crippen LogP contribution in [-0.4, -0.2) is 35.6 Å². The highest BCUT2D eigenvalue weighted by Crippen LogP contribution is 2.40. The molecule has 1 unspecified atom stereocenters. The minimum absolute atomic E-state index is 0.0445. The van der Waals surface area contributed by atoms with Gasteiger partial charge in [0.05, 0.1) is 19.1 Å². The maximum absolute atomic E-state index is 12.6. The Morgan fingerprint density at radius 3 is 2.11 bits per heavy atom. The molecule has 10 heteroatoms. The molecule has 3 rings (SSSR count). The summed E-state index contributed by atoms with van der Waals surface area (Å²) in [4.78, 5) is 0.0445. The van der Waals surface area contributed by atoms with Gasteiger partial charge in [-0.05, 0) is 86.7 Å². The quantitative estimate of drug-likeness (QED) is 0.267. The predicted molar refractivity (Wildman–Crippen MR) is 140 cm³/mol. The standard InChI is InChI=1S/C25H29O7PS2/c1-16-8-7-9-21(10-16)33(23-14-22(35(29,30)32-6)12-17(2)19(23)4)24-13-20(15-34(26,27)28)11-18(3)25(24)31-5/h7-14H,15H2,1-6H3,(H,26,27,28). The Morgan fingerprint density at radius 1 is 0.857 bits per heavy atom. The number of hydrogen-bond acceptors (Lipinski definition) is 6. The highest BCUT2D eigenvalue weighted by Gasteiger charge is 2.27. The third-order valence-corrected chi connectivity index (χ3v) is 10.2. The van der Waals surface area contributed by atoms with Gasteiger partial charge in [-0.1, -0.05) is 35.9 Å². The predicted octanol–water partition coefficient (Wildman–Crippen LogP) is 3.41. The average molecular weight is 537 g/mol. The third kappa shape index (κ3) is 6.11. The van der Waals surface area contributed by atoms with Gasteiger partial charge < -0.3 is 4.74 Å². The van der Waals surface area contributed by atoms with Crippen molar-refractivity contribution in [3.05, 3.63) is 76.3 Å². The van der Waals surface area contributed by atoms with E-state index in [4.69, 9.17) is 8.92 Å². The topological polar surface area (TPSA) is 107 Å². The number of rotatable bonds is 8. The summed E-state index contributed by atoms with van der Waals surface area (Å²) in [6, 6.07) is 14.5. The molecule has 0 aliphatic heterocycles. The van der Waals surface area contributed by atoms with Gasteiger partial charge in [-0.2, -0.15) is 16.8 Å². The molecule has 0 heterocycles. The van der Waals surface area contributed by atoms with Crippen molar-refractivity contribution in [1.29, 1.82) is 0 Å². The van der Waals surface area contributed by atoms with Crippen LogP contribution in [0.1, 0.15) is 27.8 Å². The Bertz CT molecular complexity index is 1480. The van der Waals surface area contributed by atoms with Crippen LogP contribution in [-0.2, 0) is 30.2 Å². The zero-order valence-electron chi connectivity index (χ0n) is 20.5. The van der Waals surface area contributed by atoms with Crippen molar-refractivity contribution >= 4 is 44.1 Å². The van der Waals surface area contributed by atoms with Crippen molar-refractivity contribution in [3.63, 3.8) is 0 Å². The number of aryl methyl sites for hydroxylation is 3. The number of ether oxygens (including phenoxy) is 1. The summed E-state index contributed by atoms with van der Waals surface area (Å²) in [7, 11) is -6.94. The minimum Gasteiger partial charge on any atom is -0.496 e. The summed E-state index contributed by atoms with van der Waals surface area (Å²) in [5, 5.41) is 2.44. The second-order valence-corrected chi connectivity index (χ2v) is 13.7. The van der Waals surface area contributed by atoms with E-state index in [9.17, 15) is 21.4 Å². The Morgan fingerprint density at radius 2 is 1.54 bits per heavy atom. The zero-order chi connectivity index (χ0) is 26.1. The molecule has 0 bridgehead atoms. The average Bonchev–Trinajstić information content (AvgIpc) is 2.75. The molecule has 0 radical (unpaired) electrons. The molecular formula is C25H29O7PS2. The van der Waals surface area contributed by atoms with Gasteiger partial charge in [-0.25, -0.2) is 0 Å². The molecule has 0 fully saturated rings. The molecule has 0 spiro atoms. The number of methoxy groups -OCH3 is 1. The van der Waals surface area contributed by atoms with E-state index in [0.717, 1.165) is 39.7 Å². The smallest absolute Gasteiger partial charge is 0.296 e. The van der Waals surface area contributed by atoms with Crippen LogP contribution < -0.4 is 20.7 Å². The van der Waals surface area contributed by atoms with Crippen LogP contribution in [0.2, 0.25) is 0 Å². The van der Waals surface area contributed by atoms with E-state index in [1.54, 1.807) is 31.4 Å². The largest absolute Gasteiger partial charge is 0.496 e. The van der Waals surface area contributed by atoms with Gasteiger partial charge in [-0.15, -0.1) is 0 Å². The molecule has 3 aromatic rings. The molecule has 188 valence electrons. The van der Waals surface area contributed by atoms with Crippen LogP contribution in [0.3, 0.4) is 0 Å². The monoisotopic (exact) mass is 536 g/mol. The van der Waals surface area contributed by atoms with Crippen molar-refractivity contribution < 1.29 is 30.3 Å². The van der Waals surface area contributed by atoms with E-state index < -0.39 is 33.9 Å². The lowest BCUT2D eigenvalue weighted by Gasteiger charge is -2.26. The summed E-state index contributed by atoms with van der Waals surface area (Å²) < 4.78 is 68.6. The second-order valence-electron chi connectivity index (χ2n) is 8.37. The summed E-state index contributed by atoms with van der Waals surface area (Å²) in [5.74, 6) is 0.0338. The molecule has 0 saturated carbocycles. The van der Waals surface area contributed by atoms with Crippen LogP contribution in [0.25, 0.3) is 0 Å². The lowest BCUT2D eigenvalue weighted by molar-refractivity contribution is 0.397. The van der Waals surface area contributed by atoms with Gasteiger partial charge in [0.25, 0.3) is 20.2 Å². The lowest BCUT2D eigenvalue weighted by Crippen LogP contribution is -2.26. The molecule has 1 N–H and O–H groups in total. The van der Waals surface area contributed by atoms with Crippen molar-refractivity contribution in [1.82, 2.24) is 0 Å². The maximum Gasteiger partial charge on any atom is 0.296 e. The van der Waals surface area contributed by atoms with Crippen LogP contribution in [0.15, 0.2) is 53.4 Å². The summed E-state index contributed by atoms with van der Waals surface area (Å²) in [6.45, 7) is 7.55. The molecule has 35 heavy (non-hydrogen) atoms. The zero-order valence-corrected chi connectivity index (χ0v) is 23.0. The molecule has 0 aliphatic rings. The highest BCUT2D eigenvalue weighted by atomic mass is 32.2. The molecule has 0 aliphatic carbocycles. The fourth-order valence-corrected chi connectivity index (χ4v) is 8.39. The Kier molecular flexibility index (Phi) is 8.09. The van der Waals surface area contributed by atoms with E-state index in [1.807, 2.05) is 52.0 Å². The van der Waals surface area contributed by atoms with Crippen LogP contribution in [0.4, 0.5) is 0 Å². The van der Waals surface area contributed by atoms with Crippen LogP contribution in [0, 0.1) is 27.7 Å². The van der Waals surface area contributed by atoms with E-state index in [0.29, 0.717) is 16.9 Å². The summed E-state index contributed by atoms with van der Waals surface area (Å²) in [5.41, 5.74) is 3.83. The third-order valence-electron chi connectivity index (χ3n) is 5.73. The molecule has 0 amide bonds. The van der Waals surface area contributed by atoms with Crippen molar-refractivity contribution in [3.8, 4) is 5.75 Å². The molecular weight excluding hydrogens is 507 g/mol. The van der Waals surface area contributed by atoms with Gasteiger partial charge in [0.1, 0.15) is 11.5 Å². The first-order valence-corrected chi connectivity index (χ1v) is 15.0. The summed E-state index contributed by atoms with van der Waals surface area (Å²) in [6.07, 6.45) is 0. The number of benzene rings is 3. The second kappa shape index (κ2) is 10.4. The first-order chi connectivity index (χ1) is 16.3. The van der Waals surface area contributed by atoms with Gasteiger partial charge in [0.2, 0.25) is 0 Å². The lowest BCUT2D eigenvalue weighted by atomic mass is 10.1. The first-order valence-electron chi connectivity index (χ1n) is 10.7. The molecule has 1 atom stereocenters. The molecule has 0 aromatic heterocycles. The highest BCUT2D eigenvalue weighted by molar-refractivity contribution is 7.87. The van der Waals surface area contributed by atoms with Gasteiger partial charge >= 0.3 is 0 Å². The normalized spacial score (nSPS) is 13.0. The van der Waals surface area contributed by atoms with E-state index in [1.165, 1.54) is 0 Å².